The van der Waals surface area contributed by atoms with Gasteiger partial charge in [-0.3, -0.25) is 52.8 Å². The number of imide groups is 1. The van der Waals surface area contributed by atoms with Gasteiger partial charge >= 0.3 is 23.8 Å². The SMILES string of the molecule is COc1c(N2CCC(NC3CCN(c4cc(OCc5ccc(NC(=O)[C@H](CCCNC(N)=O)NC(=O)[C@@H](NC(=O)CCCCCN6C(=O)C=CC6=O)C(C)C)cc5)c5nc6c7c8c9c(C)c(O)c7c(=O)c(c-6oc5c4)NC(=O)/C(C)=C\C=C\[C@H](C)[C@H](O)[C@@H](C)[C@@H](O)[C@@H](C)[C@H](OC(C)=O)[C@H](C)[C@@H](OC)/C=C/O[C@@](C)(O9)C8=O)CC3)CC2)c(F)cc2c(=O)c(C(=O)O)cn(C3CC3)c12. The molecule has 0 radical (unpaired) electrons. The second-order valence-electron chi connectivity index (χ2n) is 35.4. The Morgan fingerprint density at radius 3 is 2.11 bits per heavy atom. The van der Waals surface area contributed by atoms with Gasteiger partial charge in [0.15, 0.2) is 28.7 Å². The van der Waals surface area contributed by atoms with Crippen LogP contribution in [0.5, 0.6) is 23.0 Å². The van der Waals surface area contributed by atoms with Crippen LogP contribution < -0.4 is 72.5 Å². The predicted octanol–water partition coefficient (Wildman–Crippen LogP) is 9.75. The number of aromatic hydroxyl groups is 1. The van der Waals surface area contributed by atoms with Crippen molar-refractivity contribution in [2.45, 2.75) is 213 Å². The van der Waals surface area contributed by atoms with Crippen molar-refractivity contribution in [2.24, 2.45) is 35.3 Å². The summed E-state index contributed by atoms with van der Waals surface area (Å²) in [4.78, 5) is 173. The zero-order valence-electron chi connectivity index (χ0n) is 75.4. The number of aliphatic hydroxyl groups is 2. The Hall–Kier alpha value is -12.8. The number of Topliss-reactive ketones (excluding diaryl/α,β-unsaturated/α-hetero) is 1. The number of nitrogens with zero attached hydrogens (tertiary/aromatic N) is 5. The van der Waals surface area contributed by atoms with Gasteiger partial charge < -0.3 is 105 Å². The average molecular weight is 1810 g/mol. The molecule has 2 aliphatic carbocycles. The molecule has 14 rings (SSSR count). The minimum Gasteiger partial charge on any atom is -0.507 e. The van der Waals surface area contributed by atoms with Crippen molar-refractivity contribution >= 4 is 115 Å². The molecule has 11 atom stereocenters. The number of nitrogens with two attached hydrogens (primary N) is 1. The van der Waals surface area contributed by atoms with E-state index < -0.39 is 170 Å². The number of allylic oxidation sites excluding steroid dienone is 2. The number of esters is 1. The van der Waals surface area contributed by atoms with Crippen LogP contribution in [0.15, 0.2) is 111 Å². The van der Waals surface area contributed by atoms with Crippen LogP contribution in [0.1, 0.15) is 177 Å². The monoisotopic (exact) mass is 1810 g/mol. The Morgan fingerprint density at radius 2 is 1.48 bits per heavy atom. The van der Waals surface area contributed by atoms with E-state index in [0.717, 1.165) is 23.8 Å². The lowest BCUT2D eigenvalue weighted by molar-refractivity contribution is -0.160. The molecule has 1 aromatic heterocycles. The van der Waals surface area contributed by atoms with Crippen LogP contribution in [0.25, 0.3) is 44.2 Å². The van der Waals surface area contributed by atoms with E-state index in [2.05, 4.69) is 36.8 Å². The van der Waals surface area contributed by atoms with Gasteiger partial charge in [-0.25, -0.2) is 19.0 Å². The minimum atomic E-state index is -2.24. The fraction of sp³-hybridized carbons (Fsp3) is 0.484. The van der Waals surface area contributed by atoms with E-state index in [0.29, 0.717) is 93.6 Å². The quantitative estimate of drug-likeness (QED) is 0.00714. The molecule has 35 nitrogen and oxygen atoms in total. The first-order valence-corrected chi connectivity index (χ1v) is 44.5. The number of pyridine rings is 1. The number of phenols is 1. The van der Waals surface area contributed by atoms with E-state index in [1.165, 1.54) is 78.7 Å². The summed E-state index contributed by atoms with van der Waals surface area (Å²) in [6.45, 7) is 17.6. The molecule has 1 saturated carbocycles. The van der Waals surface area contributed by atoms with Gasteiger partial charge in [0.2, 0.25) is 28.6 Å². The third-order valence-electron chi connectivity index (χ3n) is 25.8. The molecule has 700 valence electrons. The number of unbranched alkanes of at least 4 members (excludes halogenated alkanes) is 2. The predicted molar refractivity (Wildman–Crippen MR) is 484 cm³/mol. The number of carbonyl (C=O) groups is 10. The van der Waals surface area contributed by atoms with Crippen molar-refractivity contribution in [3.05, 3.63) is 145 Å². The maximum atomic E-state index is 16.5. The second-order valence-corrected chi connectivity index (χ2v) is 35.4. The number of hydrogen-bond acceptors (Lipinski definition) is 26. The Balaban J connectivity index is 0.825. The lowest BCUT2D eigenvalue weighted by Crippen LogP contribution is -2.54. The van der Waals surface area contributed by atoms with Gasteiger partial charge in [0.25, 0.3) is 23.5 Å². The summed E-state index contributed by atoms with van der Waals surface area (Å²) < 4.78 is 62.6. The number of amides is 8. The Bertz CT molecular complexity index is 5810. The highest BCUT2D eigenvalue weighted by Crippen LogP contribution is 2.52. The summed E-state index contributed by atoms with van der Waals surface area (Å²) in [6.07, 6.45) is 12.3. The van der Waals surface area contributed by atoms with Crippen LogP contribution in [0.3, 0.4) is 0 Å². The number of methoxy groups -OCH3 is 2. The van der Waals surface area contributed by atoms with Crippen LogP contribution in [-0.2, 0) is 54.4 Å². The van der Waals surface area contributed by atoms with Crippen LogP contribution in [-0.4, -0.2) is 202 Å². The number of halogens is 1. The molecule has 5 bridgehead atoms. The molecular formula is C95H115FN12O23. The lowest BCUT2D eigenvalue weighted by atomic mass is 9.78. The largest absolute Gasteiger partial charge is 0.507 e. The number of phenolic OH excluding ortho intramolecular Hbond substituents is 1. The number of urea groups is 1. The molecule has 5 aromatic rings. The van der Waals surface area contributed by atoms with E-state index in [-0.39, 0.29) is 130 Å². The number of aromatic carboxylic acids is 1. The van der Waals surface area contributed by atoms with Crippen molar-refractivity contribution in [3.63, 3.8) is 0 Å². The molecule has 2 saturated heterocycles. The molecule has 7 aliphatic heterocycles. The van der Waals surface area contributed by atoms with Crippen molar-refractivity contribution in [3.8, 4) is 34.5 Å². The van der Waals surface area contributed by atoms with Crippen LogP contribution >= 0.6 is 0 Å². The third kappa shape index (κ3) is 20.8. The zero-order valence-corrected chi connectivity index (χ0v) is 75.4. The number of benzene rings is 5. The van der Waals surface area contributed by atoms with Gasteiger partial charge in [0.05, 0.1) is 53.5 Å². The summed E-state index contributed by atoms with van der Waals surface area (Å²) in [5.74, 6) is -13.4. The summed E-state index contributed by atoms with van der Waals surface area (Å²) in [6, 6.07) is 8.04. The smallest absolute Gasteiger partial charge is 0.341 e. The fourth-order valence-electron chi connectivity index (χ4n) is 18.1. The van der Waals surface area contributed by atoms with Gasteiger partial charge in [0, 0.05) is 167 Å². The van der Waals surface area contributed by atoms with E-state index >= 15 is 14.0 Å². The highest BCUT2D eigenvalue weighted by Gasteiger charge is 2.51. The Morgan fingerprint density at radius 1 is 0.802 bits per heavy atom. The molecule has 9 aliphatic rings. The summed E-state index contributed by atoms with van der Waals surface area (Å²) in [5.41, 5.74) is 4.18. The molecule has 0 spiro atoms. The molecule has 4 aromatic carbocycles. The normalized spacial score (nSPS) is 23.2. The lowest BCUT2D eigenvalue weighted by Gasteiger charge is -2.39. The van der Waals surface area contributed by atoms with Crippen LogP contribution in [0.2, 0.25) is 0 Å². The fourth-order valence-corrected chi connectivity index (χ4v) is 18.1. The number of primary amides is 1. The number of piperidine rings is 2. The van der Waals surface area contributed by atoms with Gasteiger partial charge in [-0.1, -0.05) is 78.3 Å². The number of carboxylic acids is 1. The Labute approximate surface area is 755 Å². The van der Waals surface area contributed by atoms with Crippen molar-refractivity contribution in [1.29, 1.82) is 0 Å². The number of ether oxygens (including phenoxy) is 6. The number of aromatic nitrogens is 2. The molecular weight excluding hydrogens is 1700 g/mol. The number of aliphatic hydroxyl groups excluding tert-OH is 2. The highest BCUT2D eigenvalue weighted by molar-refractivity contribution is 6.23. The van der Waals surface area contributed by atoms with E-state index in [9.17, 15) is 68.4 Å². The summed E-state index contributed by atoms with van der Waals surface area (Å²) in [7, 11) is 2.81. The van der Waals surface area contributed by atoms with E-state index in [1.807, 2.05) is 4.90 Å². The molecule has 0 unspecified atom stereocenters. The number of anilines is 4. The molecule has 8 heterocycles. The first-order chi connectivity index (χ1) is 62.4. The van der Waals surface area contributed by atoms with Crippen LogP contribution in [0.4, 0.5) is 31.9 Å². The number of ketones is 1. The maximum absolute atomic E-state index is 16.5. The van der Waals surface area contributed by atoms with Crippen LogP contribution in [0, 0.1) is 42.3 Å². The first kappa shape index (κ1) is 95.8. The summed E-state index contributed by atoms with van der Waals surface area (Å²) >= 11 is 0. The number of rotatable bonds is 28. The second kappa shape index (κ2) is 40.7. The number of carboxylic acid groups (broad SMARTS) is 1. The third-order valence-corrected chi connectivity index (χ3v) is 25.8. The average Bonchev–Trinajstić information content (AvgIpc) is 1.56. The first-order valence-electron chi connectivity index (χ1n) is 44.5. The van der Waals surface area contributed by atoms with Gasteiger partial charge in [0.1, 0.15) is 64.4 Å². The molecule has 3 fully saturated rings. The molecule has 12 N–H and O–H groups in total. The molecule has 131 heavy (non-hydrogen) atoms. The maximum Gasteiger partial charge on any atom is 0.341 e. The number of carbonyl (C=O) groups excluding carboxylic acids is 9. The molecule has 36 heteroatoms. The van der Waals surface area contributed by atoms with Crippen molar-refractivity contribution in [1.82, 2.24) is 35.7 Å². The Kier molecular flexibility index (Phi) is 29.8. The number of fused-ring (bicyclic) bond motifs is 15. The van der Waals surface area contributed by atoms with Crippen molar-refractivity contribution < 1.29 is 106 Å². The highest BCUT2D eigenvalue weighted by atomic mass is 19.1. The topological polar surface area (TPSA) is 480 Å². The van der Waals surface area contributed by atoms with Gasteiger partial charge in [-0.05, 0) is 114 Å². The molecule has 8 amide bonds. The number of hydrogen-bond donors (Lipinski definition) is 11. The zero-order chi connectivity index (χ0) is 94.5. The van der Waals surface area contributed by atoms with E-state index in [1.54, 1.807) is 94.7 Å². The minimum absolute atomic E-state index is 0.00308. The van der Waals surface area contributed by atoms with Gasteiger partial charge in [-0.15, -0.1) is 0 Å². The van der Waals surface area contributed by atoms with Crippen molar-refractivity contribution in [2.75, 3.05) is 73.9 Å². The number of nitrogens with one attached hydrogen (secondary N) is 6. The van der Waals surface area contributed by atoms with Gasteiger partial charge in [-0.2, -0.15) is 0 Å². The summed E-state index contributed by atoms with van der Waals surface area (Å²) in [5, 5.41) is 62.9. The van der Waals surface area contributed by atoms with E-state index in [4.69, 9.17) is 43.6 Å². The standard InChI is InChI=1S/C95H115FN12O23/c1-47(2)74(102-68(110)21-14-13-15-36-107-69(111)28-29-70(107)112)92(121)101-64(20-17-35-98-94(97)124)91(120)100-56-24-22-55(23-25-56)46-127-66-42-60(105-37-30-57(31-38-105)99-58-32-39-106(40-33-58)79-63(96)44-61-78(88(79)126-12)108(59-26-27-59)45-62(83(61)116)93(122)123)43-67-75(66)103-76-71-72-82(115)53(8)86-73(71)89(118)95(10,131-86)128-41-34-65(125-11)50(5)85(129-54(9)109)52(7)81(114)51(6)80(113)48(3)18-16-19-49(4)90(119)104-77(84(72)117)87(76)130-67/h16,18-19,22-25,28-29,34,41-45,47-48,50-52,57-59,64-65,74,80-81,85,99,113-115H,13-15,17,20-21,26-27,30-33,35-40,46H2,1-12H3,(H,100,120)(H,101,121)(H,102,110)(H,104,119)(H,122,123)(H3,97,98,124)/b18-16+,41-34+,49-19-/t48-,50+,51+,52+,64-,65-,74-,80-,81+,85+,95-/m0/s1.